The molecule has 5 aliphatic carbocycles. The lowest BCUT2D eigenvalue weighted by Gasteiger charge is -2.63. The molecule has 2 aromatic carbocycles. The van der Waals surface area contributed by atoms with E-state index in [1.165, 1.54) is 12.8 Å². The molecule has 248 valence electrons. The van der Waals surface area contributed by atoms with Crippen LogP contribution in [0.1, 0.15) is 82.7 Å². The van der Waals surface area contributed by atoms with Gasteiger partial charge in [-0.05, 0) is 85.4 Å². The lowest BCUT2D eigenvalue weighted by Crippen LogP contribution is -2.75. The third kappa shape index (κ3) is 2.60. The molecule has 11 nitrogen and oxygen atoms in total. The number of rotatable bonds is 2. The van der Waals surface area contributed by atoms with Gasteiger partial charge in [-0.3, -0.25) is 10.3 Å². The Labute approximate surface area is 276 Å². The fraction of sp³-hybridized carbons (Fsp3) is 0.541. The van der Waals surface area contributed by atoms with Crippen LogP contribution < -0.4 is 15.2 Å². The molecule has 4 aliphatic heterocycles. The maximum atomic E-state index is 13.4. The van der Waals surface area contributed by atoms with Crippen LogP contribution in [0.3, 0.4) is 0 Å². The largest absolute Gasteiger partial charge is 0.504 e. The van der Waals surface area contributed by atoms with E-state index in [1.54, 1.807) is 12.1 Å². The Kier molecular flexibility index (Phi) is 4.45. The van der Waals surface area contributed by atoms with Crippen LogP contribution in [0.4, 0.5) is 0 Å². The fourth-order valence-electron chi connectivity index (χ4n) is 12.7. The summed E-state index contributed by atoms with van der Waals surface area (Å²) in [6.07, 6.45) is 4.42. The van der Waals surface area contributed by atoms with Crippen LogP contribution in [0, 0.1) is 11.3 Å². The fourth-order valence-corrected chi connectivity index (χ4v) is 12.7. The number of aliphatic hydroxyl groups is 2. The lowest BCUT2D eigenvalue weighted by molar-refractivity contribution is -0.174. The van der Waals surface area contributed by atoms with E-state index in [9.17, 15) is 20.4 Å². The highest BCUT2D eigenvalue weighted by Crippen LogP contribution is 2.72. The predicted octanol–water partition coefficient (Wildman–Crippen LogP) is 2.31. The molecule has 0 amide bonds. The molecule has 8 N–H and O–H groups in total. The van der Waals surface area contributed by atoms with Crippen LogP contribution in [0.15, 0.2) is 24.3 Å². The highest BCUT2D eigenvalue weighted by molar-refractivity contribution is 5.77. The molecule has 2 saturated heterocycles. The maximum absolute atomic E-state index is 13.4. The number of ether oxygens (including phenoxy) is 2. The van der Waals surface area contributed by atoms with E-state index in [4.69, 9.17) is 20.6 Å². The molecule has 0 radical (unpaired) electrons. The lowest BCUT2D eigenvalue weighted by atomic mass is 9.47. The quantitative estimate of drug-likeness (QED) is 0.163. The molecule has 12 rings (SSSR count). The van der Waals surface area contributed by atoms with Crippen molar-refractivity contribution >= 4 is 5.96 Å². The van der Waals surface area contributed by atoms with Crippen molar-refractivity contribution in [3.8, 4) is 23.0 Å². The summed E-state index contributed by atoms with van der Waals surface area (Å²) >= 11 is 0. The molecule has 9 aliphatic rings. The number of H-pyrrole nitrogens is 1. The monoisotopic (exact) mass is 649 g/mol. The van der Waals surface area contributed by atoms with E-state index in [0.717, 1.165) is 64.3 Å². The second-order valence-corrected chi connectivity index (χ2v) is 16.4. The molecular formula is C37H39N5O6. The van der Waals surface area contributed by atoms with Gasteiger partial charge in [0, 0.05) is 43.1 Å². The normalized spacial score (nSPS) is 39.9. The number of phenols is 2. The van der Waals surface area contributed by atoms with Crippen molar-refractivity contribution in [1.29, 1.82) is 5.41 Å². The minimum atomic E-state index is -1.35. The molecule has 48 heavy (non-hydrogen) atoms. The average molecular weight is 650 g/mol. The van der Waals surface area contributed by atoms with Crippen LogP contribution in [0.5, 0.6) is 23.0 Å². The minimum absolute atomic E-state index is 0.0575. The van der Waals surface area contributed by atoms with Gasteiger partial charge in [-0.2, -0.15) is 0 Å². The molecule has 4 bridgehead atoms. The Bertz CT molecular complexity index is 2060. The van der Waals surface area contributed by atoms with Crippen LogP contribution in [0.25, 0.3) is 0 Å². The first kappa shape index (κ1) is 27.0. The van der Waals surface area contributed by atoms with E-state index in [2.05, 4.69) is 9.88 Å². The summed E-state index contributed by atoms with van der Waals surface area (Å²) in [6.45, 7) is 2.34. The molecule has 2 spiro atoms. The van der Waals surface area contributed by atoms with Crippen molar-refractivity contribution in [2.45, 2.75) is 97.7 Å². The van der Waals surface area contributed by atoms with Crippen molar-refractivity contribution in [1.82, 2.24) is 14.8 Å². The zero-order valence-electron chi connectivity index (χ0n) is 26.6. The van der Waals surface area contributed by atoms with Gasteiger partial charge in [-0.25, -0.2) is 0 Å². The number of phenolic OH excluding ortho intramolecular Hbond substituents is 2. The SMILES string of the molecule is N=C(N)N1CC[C@]23c4c5ccc(O)c4O[C@H]2c2[nH]c4c(c2C[C@@]3(O)[C@H]1C5)C[C@@]1(O)[C@H]2Cc3ccc(O)c5c3[C@@]1(CCN2CC1CC1)[C@H]4O5. The van der Waals surface area contributed by atoms with Crippen molar-refractivity contribution < 1.29 is 29.9 Å². The van der Waals surface area contributed by atoms with Gasteiger partial charge in [0.15, 0.2) is 41.2 Å². The predicted molar refractivity (Wildman–Crippen MR) is 172 cm³/mol. The summed E-state index contributed by atoms with van der Waals surface area (Å²) in [7, 11) is 0. The summed E-state index contributed by atoms with van der Waals surface area (Å²) in [4.78, 5) is 8.19. The standard InChI is InChI=1S/C37H39N5O6/c38-33(39)42-10-8-35-26-18-4-6-22(44)30(26)48-32(35)28-20(14-37(35,46)24(42)12-18)19-13-36(45)23-11-17-3-5-21(43)29-25(17)34(36,31(47-29)27(19)40-28)7-9-41(23)15-16-1-2-16/h3-6,16,23-24,31-32,40,43-46H,1-2,7-15H2,(H3,38,39)/t23-,24-,31+,32+,34+,35+,36-,37-/m1/s1. The number of likely N-dealkylation sites (tertiary alicyclic amines) is 2. The molecule has 0 unspecified atom stereocenters. The first-order valence-corrected chi connectivity index (χ1v) is 17.7. The minimum Gasteiger partial charge on any atom is -0.504 e. The van der Waals surface area contributed by atoms with Crippen molar-refractivity contribution in [2.75, 3.05) is 19.6 Å². The molecule has 1 aromatic heterocycles. The number of piperidine rings is 2. The molecule has 11 heteroatoms. The van der Waals surface area contributed by atoms with Crippen LogP contribution >= 0.6 is 0 Å². The summed E-state index contributed by atoms with van der Waals surface area (Å²) in [5, 5.41) is 57.4. The number of fused-ring (bicyclic) bond motifs is 5. The molecule has 8 atom stereocenters. The van der Waals surface area contributed by atoms with Crippen LogP contribution in [-0.2, 0) is 36.5 Å². The summed E-state index contributed by atoms with van der Waals surface area (Å²) in [5.74, 6) is 1.71. The Balaban J connectivity index is 1.10. The third-order valence-electron chi connectivity index (χ3n) is 14.7. The molecule has 1 saturated carbocycles. The van der Waals surface area contributed by atoms with Crippen molar-refractivity contribution in [2.24, 2.45) is 11.7 Å². The number of nitrogens with one attached hydrogen (secondary N) is 2. The summed E-state index contributed by atoms with van der Waals surface area (Å²) < 4.78 is 13.7. The van der Waals surface area contributed by atoms with Gasteiger partial charge >= 0.3 is 0 Å². The van der Waals surface area contributed by atoms with Crippen LogP contribution in [-0.4, -0.2) is 84.1 Å². The highest BCUT2D eigenvalue weighted by atomic mass is 16.5. The number of aromatic nitrogens is 1. The number of nitrogens with zero attached hydrogens (tertiary/aromatic N) is 2. The van der Waals surface area contributed by atoms with E-state index in [-0.39, 0.29) is 23.5 Å². The van der Waals surface area contributed by atoms with Crippen molar-refractivity contribution in [3.05, 3.63) is 69.0 Å². The number of hydrogen-bond donors (Lipinski definition) is 7. The Hall–Kier alpha value is -3.93. The summed E-state index contributed by atoms with van der Waals surface area (Å²) in [5.41, 5.74) is 9.76. The summed E-state index contributed by atoms with van der Waals surface area (Å²) in [6, 6.07) is 6.80. The van der Waals surface area contributed by atoms with Crippen molar-refractivity contribution in [3.63, 3.8) is 0 Å². The first-order valence-electron chi connectivity index (χ1n) is 17.7. The molecule has 5 heterocycles. The Morgan fingerprint density at radius 3 is 1.94 bits per heavy atom. The van der Waals surface area contributed by atoms with E-state index < -0.39 is 40.3 Å². The third-order valence-corrected chi connectivity index (χ3v) is 14.7. The first-order chi connectivity index (χ1) is 23.1. The van der Waals surface area contributed by atoms with Gasteiger partial charge in [0.05, 0.1) is 33.9 Å². The van der Waals surface area contributed by atoms with Gasteiger partial charge in [-0.15, -0.1) is 0 Å². The molecule has 3 fully saturated rings. The highest BCUT2D eigenvalue weighted by Gasteiger charge is 2.76. The second kappa shape index (κ2) is 7.93. The van der Waals surface area contributed by atoms with E-state index >= 15 is 0 Å². The van der Waals surface area contributed by atoms with Gasteiger partial charge in [0.1, 0.15) is 5.60 Å². The number of benzene rings is 2. The maximum Gasteiger partial charge on any atom is 0.188 e. The number of nitrogens with two attached hydrogens (primary N) is 1. The average Bonchev–Trinajstić information content (AvgIpc) is 3.54. The van der Waals surface area contributed by atoms with Crippen LogP contribution in [0.2, 0.25) is 0 Å². The number of guanidine groups is 1. The molecular weight excluding hydrogens is 610 g/mol. The Morgan fingerprint density at radius 1 is 0.833 bits per heavy atom. The van der Waals surface area contributed by atoms with E-state index in [1.807, 2.05) is 17.0 Å². The second-order valence-electron chi connectivity index (χ2n) is 16.4. The zero-order valence-corrected chi connectivity index (χ0v) is 26.6. The Morgan fingerprint density at radius 2 is 1.38 bits per heavy atom. The van der Waals surface area contributed by atoms with Gasteiger partial charge in [0.25, 0.3) is 0 Å². The topological polar surface area (TPSA) is 172 Å². The van der Waals surface area contributed by atoms with Gasteiger partial charge in [-0.1, -0.05) is 12.1 Å². The zero-order chi connectivity index (χ0) is 32.3. The smallest absolute Gasteiger partial charge is 0.188 e. The van der Waals surface area contributed by atoms with E-state index in [0.29, 0.717) is 56.1 Å². The number of aromatic hydroxyl groups is 2. The molecule has 3 aromatic rings. The number of hydrogen-bond acceptors (Lipinski definition) is 8. The van der Waals surface area contributed by atoms with Gasteiger partial charge < -0.3 is 45.5 Å². The number of aromatic amines is 1. The van der Waals surface area contributed by atoms with Gasteiger partial charge in [0.2, 0.25) is 0 Å².